The Morgan fingerprint density at radius 1 is 1.35 bits per heavy atom. The van der Waals surface area contributed by atoms with E-state index in [-0.39, 0.29) is 11.8 Å². The normalized spacial score (nSPS) is 11.3. The van der Waals surface area contributed by atoms with Crippen LogP contribution in [0.25, 0.3) is 10.9 Å². The number of hydrogen-bond acceptors (Lipinski definition) is 1. The lowest BCUT2D eigenvalue weighted by Gasteiger charge is -2.08. The van der Waals surface area contributed by atoms with E-state index in [0.29, 0.717) is 6.54 Å². The van der Waals surface area contributed by atoms with E-state index in [2.05, 4.69) is 24.1 Å². The number of nitrogens with one attached hydrogen (secondary N) is 2. The van der Waals surface area contributed by atoms with Crippen molar-refractivity contribution in [3.05, 3.63) is 34.0 Å². The number of aromatic nitrogens is 1. The molecule has 0 saturated heterocycles. The van der Waals surface area contributed by atoms with Crippen molar-refractivity contribution < 1.29 is 4.79 Å². The van der Waals surface area contributed by atoms with Crippen molar-refractivity contribution in [3.8, 4) is 0 Å². The van der Waals surface area contributed by atoms with E-state index >= 15 is 0 Å². The van der Waals surface area contributed by atoms with E-state index in [0.717, 1.165) is 33.6 Å². The molecule has 0 radical (unpaired) electrons. The highest BCUT2D eigenvalue weighted by atomic mass is 35.5. The van der Waals surface area contributed by atoms with Crippen LogP contribution in [0.4, 0.5) is 0 Å². The number of aryl methyl sites for hydroxylation is 2. The van der Waals surface area contributed by atoms with Crippen LogP contribution in [0.3, 0.4) is 0 Å². The molecule has 0 spiro atoms. The lowest BCUT2D eigenvalue weighted by molar-refractivity contribution is -0.123. The Hall–Kier alpha value is -1.48. The molecule has 0 aliphatic heterocycles. The molecule has 2 aromatic rings. The molecule has 0 saturated carbocycles. The summed E-state index contributed by atoms with van der Waals surface area (Å²) in [6.07, 6.45) is 0.810. The van der Waals surface area contributed by atoms with Crippen LogP contribution in [0.5, 0.6) is 0 Å². The molecular formula is C16H21ClN2O. The van der Waals surface area contributed by atoms with Gasteiger partial charge in [0.1, 0.15) is 0 Å². The van der Waals surface area contributed by atoms with Gasteiger partial charge in [0.05, 0.1) is 0 Å². The summed E-state index contributed by atoms with van der Waals surface area (Å²) in [6, 6.07) is 3.96. The number of H-pyrrole nitrogens is 1. The fraction of sp³-hybridized carbons (Fsp3) is 0.438. The van der Waals surface area contributed by atoms with Gasteiger partial charge in [-0.15, -0.1) is 0 Å². The summed E-state index contributed by atoms with van der Waals surface area (Å²) < 4.78 is 0. The second-order valence-corrected chi connectivity index (χ2v) is 6.01. The van der Waals surface area contributed by atoms with Crippen molar-refractivity contribution in [2.75, 3.05) is 6.54 Å². The highest BCUT2D eigenvalue weighted by molar-refractivity contribution is 6.31. The van der Waals surface area contributed by atoms with Gasteiger partial charge in [-0.1, -0.05) is 25.4 Å². The molecule has 1 aromatic carbocycles. The van der Waals surface area contributed by atoms with Crippen LogP contribution in [-0.4, -0.2) is 17.4 Å². The zero-order valence-corrected chi connectivity index (χ0v) is 13.2. The summed E-state index contributed by atoms with van der Waals surface area (Å²) in [4.78, 5) is 15.0. The predicted octanol–water partition coefficient (Wildman–Crippen LogP) is 3.75. The van der Waals surface area contributed by atoms with Gasteiger partial charge in [0, 0.05) is 34.1 Å². The largest absolute Gasteiger partial charge is 0.358 e. The average molecular weight is 293 g/mol. The van der Waals surface area contributed by atoms with Crippen molar-refractivity contribution in [1.29, 1.82) is 0 Å². The van der Waals surface area contributed by atoms with Crippen LogP contribution in [0.15, 0.2) is 12.1 Å². The van der Waals surface area contributed by atoms with Gasteiger partial charge in [-0.2, -0.15) is 0 Å². The second-order valence-electron chi connectivity index (χ2n) is 5.57. The SMILES string of the molecule is Cc1[nH]c2c(C)cc(Cl)cc2c1CCNC(=O)C(C)C. The van der Waals surface area contributed by atoms with Crippen LogP contribution in [-0.2, 0) is 11.2 Å². The van der Waals surface area contributed by atoms with E-state index in [4.69, 9.17) is 11.6 Å². The van der Waals surface area contributed by atoms with E-state index in [9.17, 15) is 4.79 Å². The number of aromatic amines is 1. The van der Waals surface area contributed by atoms with Crippen molar-refractivity contribution in [1.82, 2.24) is 10.3 Å². The van der Waals surface area contributed by atoms with Crippen molar-refractivity contribution in [3.63, 3.8) is 0 Å². The van der Waals surface area contributed by atoms with Gasteiger partial charge in [-0.3, -0.25) is 4.79 Å². The summed E-state index contributed by atoms with van der Waals surface area (Å²) in [5, 5.41) is 4.87. The molecule has 0 fully saturated rings. The minimum atomic E-state index is 0.0238. The predicted molar refractivity (Wildman–Crippen MR) is 84.3 cm³/mol. The summed E-state index contributed by atoms with van der Waals surface area (Å²) in [5.74, 6) is 0.118. The molecule has 1 heterocycles. The number of fused-ring (bicyclic) bond motifs is 1. The molecule has 1 aromatic heterocycles. The molecule has 2 rings (SSSR count). The lowest BCUT2D eigenvalue weighted by Crippen LogP contribution is -2.29. The van der Waals surface area contributed by atoms with Crippen LogP contribution < -0.4 is 5.32 Å². The van der Waals surface area contributed by atoms with Crippen molar-refractivity contribution in [2.24, 2.45) is 5.92 Å². The number of hydrogen-bond donors (Lipinski definition) is 2. The second kappa shape index (κ2) is 5.88. The summed E-state index contributed by atoms with van der Waals surface area (Å²) in [6.45, 7) is 8.56. The van der Waals surface area contributed by atoms with Crippen molar-refractivity contribution in [2.45, 2.75) is 34.1 Å². The average Bonchev–Trinajstić information content (AvgIpc) is 2.66. The zero-order chi connectivity index (χ0) is 14.9. The molecule has 1 amide bonds. The Kier molecular flexibility index (Phi) is 4.39. The first-order valence-electron chi connectivity index (χ1n) is 6.95. The van der Waals surface area contributed by atoms with Crippen LogP contribution in [0, 0.1) is 19.8 Å². The van der Waals surface area contributed by atoms with E-state index in [1.165, 1.54) is 5.56 Å². The number of rotatable bonds is 4. The maximum Gasteiger partial charge on any atom is 0.222 e. The minimum absolute atomic E-state index is 0.0238. The molecule has 3 nitrogen and oxygen atoms in total. The first-order chi connectivity index (χ1) is 9.40. The number of carbonyl (C=O) groups excluding carboxylic acids is 1. The van der Waals surface area contributed by atoms with E-state index < -0.39 is 0 Å². The van der Waals surface area contributed by atoms with Crippen LogP contribution in [0.1, 0.15) is 30.7 Å². The monoisotopic (exact) mass is 292 g/mol. The maximum atomic E-state index is 11.6. The van der Waals surface area contributed by atoms with E-state index in [1.54, 1.807) is 0 Å². The topological polar surface area (TPSA) is 44.9 Å². The summed E-state index contributed by atoms with van der Waals surface area (Å²) in [5.41, 5.74) is 4.66. The Bertz CT molecular complexity index is 643. The van der Waals surface area contributed by atoms with Gasteiger partial charge in [-0.05, 0) is 43.5 Å². The molecule has 108 valence electrons. The number of benzene rings is 1. The number of carbonyl (C=O) groups is 1. The quantitative estimate of drug-likeness (QED) is 0.885. The smallest absolute Gasteiger partial charge is 0.222 e. The standard InChI is InChI=1S/C16H21ClN2O/c1-9(2)16(20)18-6-5-13-11(4)19-15-10(3)7-12(17)8-14(13)15/h7-9,19H,5-6H2,1-4H3,(H,18,20). The van der Waals surface area contributed by atoms with Gasteiger partial charge in [0.15, 0.2) is 0 Å². The highest BCUT2D eigenvalue weighted by Gasteiger charge is 2.12. The number of amides is 1. The van der Waals surface area contributed by atoms with Crippen LogP contribution in [0.2, 0.25) is 5.02 Å². The molecule has 0 atom stereocenters. The Labute approximate surface area is 124 Å². The van der Waals surface area contributed by atoms with Gasteiger partial charge in [0.2, 0.25) is 5.91 Å². The Morgan fingerprint density at radius 2 is 2.05 bits per heavy atom. The van der Waals surface area contributed by atoms with Gasteiger partial charge < -0.3 is 10.3 Å². The zero-order valence-electron chi connectivity index (χ0n) is 12.4. The third-order valence-corrected chi connectivity index (χ3v) is 3.81. The molecule has 0 unspecified atom stereocenters. The third-order valence-electron chi connectivity index (χ3n) is 3.59. The number of halogens is 1. The fourth-order valence-electron chi connectivity index (χ4n) is 2.45. The van der Waals surface area contributed by atoms with Crippen molar-refractivity contribution >= 4 is 28.4 Å². The first-order valence-corrected chi connectivity index (χ1v) is 7.33. The molecule has 2 N–H and O–H groups in total. The molecule has 20 heavy (non-hydrogen) atoms. The first kappa shape index (κ1) is 14.9. The molecule has 0 bridgehead atoms. The summed E-state index contributed by atoms with van der Waals surface area (Å²) in [7, 11) is 0. The Morgan fingerprint density at radius 3 is 2.70 bits per heavy atom. The molecule has 4 heteroatoms. The fourth-order valence-corrected chi connectivity index (χ4v) is 2.72. The van der Waals surface area contributed by atoms with Gasteiger partial charge >= 0.3 is 0 Å². The maximum absolute atomic E-state index is 11.6. The Balaban J connectivity index is 2.22. The third kappa shape index (κ3) is 2.98. The minimum Gasteiger partial charge on any atom is -0.358 e. The molecular weight excluding hydrogens is 272 g/mol. The van der Waals surface area contributed by atoms with Gasteiger partial charge in [-0.25, -0.2) is 0 Å². The summed E-state index contributed by atoms with van der Waals surface area (Å²) >= 11 is 6.15. The van der Waals surface area contributed by atoms with E-state index in [1.807, 2.05) is 26.0 Å². The molecule has 0 aliphatic carbocycles. The van der Waals surface area contributed by atoms with Crippen LogP contribution >= 0.6 is 11.6 Å². The lowest BCUT2D eigenvalue weighted by atomic mass is 10.1. The molecule has 0 aliphatic rings. The highest BCUT2D eigenvalue weighted by Crippen LogP contribution is 2.28. The van der Waals surface area contributed by atoms with Gasteiger partial charge in [0.25, 0.3) is 0 Å².